The molecule has 1 aromatic rings. The van der Waals surface area contributed by atoms with Gasteiger partial charge < -0.3 is 5.73 Å². The molecule has 66 valence electrons. The molecule has 2 nitrogen and oxygen atoms in total. The Morgan fingerprint density at radius 2 is 2.25 bits per heavy atom. The smallest absolute Gasteiger partial charge is 0.159 e. The van der Waals surface area contributed by atoms with Gasteiger partial charge in [0, 0.05) is 5.38 Å². The minimum absolute atomic E-state index is 0.171. The zero-order valence-electron chi connectivity index (χ0n) is 7.10. The number of rotatable bonds is 1. The Labute approximate surface area is 84.3 Å². The third kappa shape index (κ3) is 1.05. The van der Waals surface area contributed by atoms with Crippen LogP contribution in [0.3, 0.4) is 0 Å². The van der Waals surface area contributed by atoms with E-state index in [1.54, 1.807) is 11.3 Å². The third-order valence-corrected chi connectivity index (χ3v) is 4.10. The van der Waals surface area contributed by atoms with Crippen LogP contribution in [0.5, 0.6) is 0 Å². The summed E-state index contributed by atoms with van der Waals surface area (Å²) in [6.45, 7) is 4.36. The summed E-state index contributed by atoms with van der Waals surface area (Å²) in [6, 6.07) is 0. The van der Waals surface area contributed by atoms with E-state index in [0.29, 0.717) is 0 Å². The minimum atomic E-state index is -0.171. The van der Waals surface area contributed by atoms with Crippen LogP contribution in [0.4, 0.5) is 0 Å². The van der Waals surface area contributed by atoms with Gasteiger partial charge in [-0.3, -0.25) is 0 Å². The second kappa shape index (κ2) is 2.30. The van der Waals surface area contributed by atoms with Crippen molar-refractivity contribution in [1.29, 1.82) is 0 Å². The van der Waals surface area contributed by atoms with Crippen molar-refractivity contribution in [2.75, 3.05) is 0 Å². The molecule has 1 fully saturated rings. The van der Waals surface area contributed by atoms with Gasteiger partial charge in [-0.05, 0) is 27.8 Å². The number of hydrogen-bond donors (Lipinski definition) is 1. The lowest BCUT2D eigenvalue weighted by Crippen LogP contribution is -2.25. The van der Waals surface area contributed by atoms with Gasteiger partial charge >= 0.3 is 0 Å². The number of aromatic nitrogens is 1. The van der Waals surface area contributed by atoms with Crippen molar-refractivity contribution in [3.05, 3.63) is 15.0 Å². The van der Waals surface area contributed by atoms with E-state index >= 15 is 0 Å². The molecule has 2 rings (SSSR count). The van der Waals surface area contributed by atoms with Crippen LogP contribution in [0.15, 0.2) is 9.30 Å². The highest BCUT2D eigenvalue weighted by molar-refractivity contribution is 9.11. The molecule has 1 aliphatic rings. The molecule has 1 aliphatic carbocycles. The van der Waals surface area contributed by atoms with Crippen molar-refractivity contribution in [2.24, 2.45) is 11.1 Å². The van der Waals surface area contributed by atoms with Crippen molar-refractivity contribution >= 4 is 27.3 Å². The SMILES string of the molecule is CC1(C)CC1(N)c1csc(Br)n1. The number of nitrogens with two attached hydrogens (primary N) is 1. The summed E-state index contributed by atoms with van der Waals surface area (Å²) in [5, 5.41) is 2.04. The largest absolute Gasteiger partial charge is 0.320 e. The molecule has 1 heterocycles. The van der Waals surface area contributed by atoms with Crippen molar-refractivity contribution in [3.8, 4) is 0 Å². The molecule has 0 saturated heterocycles. The van der Waals surface area contributed by atoms with Crippen LogP contribution in [0, 0.1) is 5.41 Å². The normalized spacial score (nSPS) is 32.0. The Bertz CT molecular complexity index is 321. The van der Waals surface area contributed by atoms with E-state index in [9.17, 15) is 0 Å². The summed E-state index contributed by atoms with van der Waals surface area (Å²) in [7, 11) is 0. The minimum Gasteiger partial charge on any atom is -0.320 e. The van der Waals surface area contributed by atoms with Crippen LogP contribution in [0.25, 0.3) is 0 Å². The van der Waals surface area contributed by atoms with E-state index in [0.717, 1.165) is 16.0 Å². The van der Waals surface area contributed by atoms with Crippen LogP contribution >= 0.6 is 27.3 Å². The fourth-order valence-electron chi connectivity index (χ4n) is 1.55. The van der Waals surface area contributed by atoms with Gasteiger partial charge in [0.1, 0.15) is 0 Å². The number of nitrogens with zero attached hydrogens (tertiary/aromatic N) is 1. The number of halogens is 1. The van der Waals surface area contributed by atoms with Crippen molar-refractivity contribution in [1.82, 2.24) is 4.98 Å². The summed E-state index contributed by atoms with van der Waals surface area (Å²) in [4.78, 5) is 4.35. The molecule has 1 atom stereocenters. The zero-order valence-corrected chi connectivity index (χ0v) is 9.50. The van der Waals surface area contributed by atoms with E-state index < -0.39 is 0 Å². The first-order valence-electron chi connectivity index (χ1n) is 3.86. The van der Waals surface area contributed by atoms with Crippen LogP contribution in [-0.2, 0) is 5.54 Å². The molecule has 0 bridgehead atoms. The summed E-state index contributed by atoms with van der Waals surface area (Å²) in [6.07, 6.45) is 1.04. The Morgan fingerprint density at radius 3 is 2.58 bits per heavy atom. The second-order valence-corrected chi connectivity index (χ2v) is 6.15. The van der Waals surface area contributed by atoms with Gasteiger partial charge in [-0.25, -0.2) is 4.98 Å². The molecule has 4 heteroatoms. The van der Waals surface area contributed by atoms with Crippen molar-refractivity contribution in [3.63, 3.8) is 0 Å². The molecule has 1 saturated carbocycles. The molecule has 0 aromatic carbocycles. The van der Waals surface area contributed by atoms with Crippen LogP contribution in [0.1, 0.15) is 26.0 Å². The second-order valence-electron chi connectivity index (χ2n) is 4.02. The molecule has 12 heavy (non-hydrogen) atoms. The first-order valence-corrected chi connectivity index (χ1v) is 5.53. The highest BCUT2D eigenvalue weighted by atomic mass is 79.9. The van der Waals surface area contributed by atoms with Gasteiger partial charge in [0.2, 0.25) is 0 Å². The Hall–Kier alpha value is 0.0700. The van der Waals surface area contributed by atoms with E-state index in [-0.39, 0.29) is 11.0 Å². The lowest BCUT2D eigenvalue weighted by Gasteiger charge is -2.10. The molecule has 1 aromatic heterocycles. The first-order chi connectivity index (χ1) is 5.46. The Kier molecular flexibility index (Phi) is 1.66. The van der Waals surface area contributed by atoms with Gasteiger partial charge in [-0.2, -0.15) is 0 Å². The maximum absolute atomic E-state index is 6.18. The molecule has 1 unspecified atom stereocenters. The molecule has 2 N–H and O–H groups in total. The third-order valence-electron chi connectivity index (χ3n) is 2.74. The van der Waals surface area contributed by atoms with Gasteiger partial charge in [0.05, 0.1) is 11.2 Å². The lowest BCUT2D eigenvalue weighted by atomic mass is 10.0. The molecular weight excluding hydrogens is 236 g/mol. The standard InChI is InChI=1S/C8H11BrN2S/c1-7(2)4-8(7,10)5-3-12-6(9)11-5/h3H,4,10H2,1-2H3. The Balaban J connectivity index is 2.34. The zero-order chi connectivity index (χ0) is 8.98. The summed E-state index contributed by atoms with van der Waals surface area (Å²) in [5.41, 5.74) is 7.27. The van der Waals surface area contributed by atoms with E-state index in [4.69, 9.17) is 5.73 Å². The van der Waals surface area contributed by atoms with Gasteiger partial charge in [0.25, 0.3) is 0 Å². The highest BCUT2D eigenvalue weighted by Gasteiger charge is 2.60. The average Bonchev–Trinajstić information content (AvgIpc) is 2.37. The topological polar surface area (TPSA) is 38.9 Å². The maximum atomic E-state index is 6.18. The fraction of sp³-hybridized carbons (Fsp3) is 0.625. The summed E-state index contributed by atoms with van der Waals surface area (Å²) < 4.78 is 0.921. The number of hydrogen-bond acceptors (Lipinski definition) is 3. The quantitative estimate of drug-likeness (QED) is 0.828. The lowest BCUT2D eigenvalue weighted by molar-refractivity contribution is 0.501. The summed E-state index contributed by atoms with van der Waals surface area (Å²) in [5.74, 6) is 0. The van der Waals surface area contributed by atoms with Gasteiger partial charge in [-0.15, -0.1) is 11.3 Å². The van der Waals surface area contributed by atoms with Crippen LogP contribution in [0.2, 0.25) is 0 Å². The average molecular weight is 247 g/mol. The van der Waals surface area contributed by atoms with Crippen LogP contribution < -0.4 is 5.73 Å². The van der Waals surface area contributed by atoms with Crippen molar-refractivity contribution < 1.29 is 0 Å². The molecule has 0 amide bonds. The highest BCUT2D eigenvalue weighted by Crippen LogP contribution is 2.60. The molecule has 0 radical (unpaired) electrons. The summed E-state index contributed by atoms with van der Waals surface area (Å²) >= 11 is 4.94. The fourth-order valence-corrected chi connectivity index (χ4v) is 2.64. The van der Waals surface area contributed by atoms with Gasteiger partial charge in [-0.1, -0.05) is 13.8 Å². The predicted octanol–water partition coefficient (Wildman–Crippen LogP) is 2.49. The van der Waals surface area contributed by atoms with E-state index in [1.165, 1.54) is 0 Å². The molecule has 0 aliphatic heterocycles. The maximum Gasteiger partial charge on any atom is 0.159 e. The Morgan fingerprint density at radius 1 is 1.67 bits per heavy atom. The number of thiazole rings is 1. The van der Waals surface area contributed by atoms with E-state index in [1.807, 2.05) is 5.38 Å². The van der Waals surface area contributed by atoms with Crippen LogP contribution in [-0.4, -0.2) is 4.98 Å². The molecule has 0 spiro atoms. The predicted molar refractivity (Wildman–Crippen MR) is 54.1 cm³/mol. The van der Waals surface area contributed by atoms with E-state index in [2.05, 4.69) is 34.8 Å². The monoisotopic (exact) mass is 246 g/mol. The van der Waals surface area contributed by atoms with Gasteiger partial charge in [0.15, 0.2) is 3.92 Å². The van der Waals surface area contributed by atoms with Crippen molar-refractivity contribution in [2.45, 2.75) is 25.8 Å². The molecular formula is C8H11BrN2S. The first kappa shape index (κ1) is 8.66.